The third kappa shape index (κ3) is 42.4. The number of carbonyl (C=O) groups excluding carboxylic acids is 2. The number of unbranched alkanes of at least 4 members (excludes halogenated alkanes) is 25. The molecule has 0 radical (unpaired) electrons. The zero-order valence-corrected chi connectivity index (χ0v) is 38.9. The van der Waals surface area contributed by atoms with E-state index >= 15 is 0 Å². The quantitative estimate of drug-likeness (QED) is 0.0230. The molecule has 11 nitrogen and oxygen atoms in total. The average molecular weight is 870 g/mol. The highest BCUT2D eigenvalue weighted by Gasteiger charge is 2.28. The lowest BCUT2D eigenvalue weighted by atomic mass is 10.0. The second kappa shape index (κ2) is 43.4. The molecule has 0 fully saturated rings. The number of carboxylic acid groups (broad SMARTS) is 1. The van der Waals surface area contributed by atoms with Crippen molar-refractivity contribution in [1.82, 2.24) is 0 Å². The summed E-state index contributed by atoms with van der Waals surface area (Å²) in [5.41, 5.74) is 5.34. The predicted molar refractivity (Wildman–Crippen MR) is 245 cm³/mol. The number of allylic oxidation sites excluding steroid dienone is 6. The summed E-state index contributed by atoms with van der Waals surface area (Å²) in [4.78, 5) is 46.1. The van der Waals surface area contributed by atoms with Crippen LogP contribution in [0.2, 0.25) is 0 Å². The van der Waals surface area contributed by atoms with E-state index in [-0.39, 0.29) is 19.4 Å². The van der Waals surface area contributed by atoms with Crippen LogP contribution in [0.5, 0.6) is 0 Å². The van der Waals surface area contributed by atoms with E-state index in [0.717, 1.165) is 64.2 Å². The van der Waals surface area contributed by atoms with E-state index in [2.05, 4.69) is 54.8 Å². The zero-order chi connectivity index (χ0) is 44.2. The third-order valence-corrected chi connectivity index (χ3v) is 11.3. The Labute approximate surface area is 365 Å². The van der Waals surface area contributed by atoms with Gasteiger partial charge in [-0.3, -0.25) is 23.4 Å². The smallest absolute Gasteiger partial charge is 0.472 e. The normalized spacial score (nSPS) is 13.9. The van der Waals surface area contributed by atoms with E-state index in [1.807, 2.05) is 0 Å². The van der Waals surface area contributed by atoms with E-state index in [4.69, 9.17) is 24.8 Å². The summed E-state index contributed by atoms with van der Waals surface area (Å²) < 4.78 is 32.8. The number of phosphoric ester groups is 1. The van der Waals surface area contributed by atoms with E-state index in [1.165, 1.54) is 116 Å². The Morgan fingerprint density at radius 3 is 1.35 bits per heavy atom. The van der Waals surface area contributed by atoms with Crippen LogP contribution >= 0.6 is 7.82 Å². The Kier molecular flexibility index (Phi) is 41.7. The molecule has 0 amide bonds. The van der Waals surface area contributed by atoms with Gasteiger partial charge in [0.05, 0.1) is 13.2 Å². The Bertz CT molecular complexity index is 1160. The molecule has 60 heavy (non-hydrogen) atoms. The molecule has 0 heterocycles. The maximum atomic E-state index is 12.6. The Hall–Kier alpha value is -2.30. The minimum absolute atomic E-state index is 0.146. The highest BCUT2D eigenvalue weighted by Crippen LogP contribution is 2.43. The van der Waals surface area contributed by atoms with Crippen LogP contribution in [0.15, 0.2) is 36.5 Å². The van der Waals surface area contributed by atoms with Crippen molar-refractivity contribution in [2.45, 2.75) is 231 Å². The molecule has 350 valence electrons. The molecule has 0 rings (SSSR count). The predicted octanol–water partition coefficient (Wildman–Crippen LogP) is 13.2. The lowest BCUT2D eigenvalue weighted by Crippen LogP contribution is -2.34. The number of rotatable bonds is 45. The number of hydrogen-bond donors (Lipinski definition) is 3. The Morgan fingerprint density at radius 2 is 0.883 bits per heavy atom. The summed E-state index contributed by atoms with van der Waals surface area (Å²) in [6, 6.07) is -1.52. The van der Waals surface area contributed by atoms with Gasteiger partial charge in [0, 0.05) is 12.8 Å². The zero-order valence-electron chi connectivity index (χ0n) is 38.1. The van der Waals surface area contributed by atoms with Crippen LogP contribution in [0, 0.1) is 0 Å². The topological polar surface area (TPSA) is 172 Å². The summed E-state index contributed by atoms with van der Waals surface area (Å²) in [5, 5.41) is 8.90. The summed E-state index contributed by atoms with van der Waals surface area (Å²) in [5.74, 6) is -2.39. The van der Waals surface area contributed by atoms with Crippen molar-refractivity contribution in [3.05, 3.63) is 36.5 Å². The molecule has 4 N–H and O–H groups in total. The molecular formula is C48H88NO10P. The average Bonchev–Trinajstić information content (AvgIpc) is 3.22. The van der Waals surface area contributed by atoms with Gasteiger partial charge in [0.25, 0.3) is 0 Å². The van der Waals surface area contributed by atoms with Crippen molar-refractivity contribution in [2.75, 3.05) is 19.8 Å². The van der Waals surface area contributed by atoms with Gasteiger partial charge in [0.1, 0.15) is 12.6 Å². The lowest BCUT2D eigenvalue weighted by Gasteiger charge is -2.20. The van der Waals surface area contributed by atoms with Gasteiger partial charge in [-0.2, -0.15) is 0 Å². The summed E-state index contributed by atoms with van der Waals surface area (Å²) in [7, 11) is -4.72. The van der Waals surface area contributed by atoms with Crippen molar-refractivity contribution in [1.29, 1.82) is 0 Å². The molecule has 0 aliphatic rings. The molecule has 1 unspecified atom stereocenters. The number of nitrogens with two attached hydrogens (primary N) is 1. The molecule has 0 saturated carbocycles. The van der Waals surface area contributed by atoms with Crippen molar-refractivity contribution in [3.8, 4) is 0 Å². The summed E-state index contributed by atoms with van der Waals surface area (Å²) >= 11 is 0. The van der Waals surface area contributed by atoms with Crippen molar-refractivity contribution >= 4 is 25.7 Å². The van der Waals surface area contributed by atoms with Crippen molar-refractivity contribution < 1.29 is 47.5 Å². The van der Waals surface area contributed by atoms with Crippen molar-refractivity contribution in [3.63, 3.8) is 0 Å². The molecule has 12 heteroatoms. The highest BCUT2D eigenvalue weighted by atomic mass is 31.2. The van der Waals surface area contributed by atoms with Gasteiger partial charge < -0.3 is 25.2 Å². The fraction of sp³-hybridized carbons (Fsp3) is 0.812. The van der Waals surface area contributed by atoms with Crippen LogP contribution in [0.4, 0.5) is 0 Å². The number of carbonyl (C=O) groups is 3. The lowest BCUT2D eigenvalue weighted by molar-refractivity contribution is -0.161. The molecule has 0 aliphatic heterocycles. The molecule has 0 aliphatic carbocycles. The van der Waals surface area contributed by atoms with E-state index in [0.29, 0.717) is 12.8 Å². The first-order chi connectivity index (χ1) is 29.1. The van der Waals surface area contributed by atoms with Crippen LogP contribution in [0.3, 0.4) is 0 Å². The minimum atomic E-state index is -4.72. The fourth-order valence-corrected chi connectivity index (χ4v) is 7.34. The minimum Gasteiger partial charge on any atom is -0.480 e. The van der Waals surface area contributed by atoms with Crippen LogP contribution in [-0.4, -0.2) is 59.9 Å². The molecule has 0 bridgehead atoms. The van der Waals surface area contributed by atoms with Gasteiger partial charge in [-0.05, 0) is 70.6 Å². The van der Waals surface area contributed by atoms with Gasteiger partial charge in [-0.15, -0.1) is 0 Å². The number of carboxylic acids is 1. The summed E-state index contributed by atoms with van der Waals surface area (Å²) in [6.45, 7) is 2.78. The molecule has 0 spiro atoms. The SMILES string of the molecule is CCCCC/C=C/C/C=C/CCCCCCCC(=O)O[C@@H](COC(=O)CCCCCCCCCCCCC/C=C/CCCCCCCC)COP(=O)(O)OC[C@H](N)C(=O)O. The number of ether oxygens (including phenoxy) is 2. The monoisotopic (exact) mass is 870 g/mol. The van der Waals surface area contributed by atoms with E-state index in [9.17, 15) is 23.8 Å². The second-order valence-electron chi connectivity index (χ2n) is 16.2. The highest BCUT2D eigenvalue weighted by molar-refractivity contribution is 7.47. The van der Waals surface area contributed by atoms with Gasteiger partial charge in [-0.1, -0.05) is 172 Å². The molecule has 0 saturated heterocycles. The standard InChI is InChI=1S/C48H88NO10P/c1-3-5-7-9-11-13-15-17-19-20-21-22-23-24-26-27-29-31-33-35-37-39-46(50)56-41-44(42-57-60(54,55)58-43-45(49)48(52)53)59-47(51)40-38-36-34-32-30-28-25-18-16-14-12-10-8-6-4-2/h12,14,17-19,25,44-45H,3-11,13,15-16,20-24,26-43,49H2,1-2H3,(H,52,53)(H,54,55)/b14-12+,19-17+,25-18+/t44-,45-/m0/s1. The first kappa shape index (κ1) is 57.7. The number of aliphatic carboxylic acids is 1. The van der Waals surface area contributed by atoms with E-state index in [1.54, 1.807) is 0 Å². The van der Waals surface area contributed by atoms with E-state index < -0.39 is 51.1 Å². The van der Waals surface area contributed by atoms with Gasteiger partial charge in [0.15, 0.2) is 6.10 Å². The molecule has 0 aromatic rings. The largest absolute Gasteiger partial charge is 0.480 e. The Morgan fingerprint density at radius 1 is 0.517 bits per heavy atom. The first-order valence-corrected chi connectivity index (χ1v) is 25.5. The van der Waals surface area contributed by atoms with Gasteiger partial charge in [0.2, 0.25) is 0 Å². The van der Waals surface area contributed by atoms with Crippen LogP contribution in [-0.2, 0) is 37.5 Å². The molecular weight excluding hydrogens is 781 g/mol. The maximum absolute atomic E-state index is 12.6. The molecule has 0 aromatic carbocycles. The van der Waals surface area contributed by atoms with Crippen LogP contribution in [0.25, 0.3) is 0 Å². The Balaban J connectivity index is 4.27. The fourth-order valence-electron chi connectivity index (χ4n) is 6.56. The second-order valence-corrected chi connectivity index (χ2v) is 17.7. The first-order valence-electron chi connectivity index (χ1n) is 24.0. The molecule has 0 aromatic heterocycles. The number of phosphoric acid groups is 1. The van der Waals surface area contributed by atoms with Crippen molar-refractivity contribution in [2.24, 2.45) is 5.73 Å². The third-order valence-electron chi connectivity index (χ3n) is 10.4. The van der Waals surface area contributed by atoms with Gasteiger partial charge in [-0.25, -0.2) is 4.57 Å². The molecule has 3 atom stereocenters. The number of hydrogen-bond acceptors (Lipinski definition) is 9. The maximum Gasteiger partial charge on any atom is 0.472 e. The summed E-state index contributed by atoms with van der Waals surface area (Å²) in [6.07, 6.45) is 47.8. The van der Waals surface area contributed by atoms with Crippen LogP contribution in [0.1, 0.15) is 219 Å². The number of esters is 2. The van der Waals surface area contributed by atoms with Crippen LogP contribution < -0.4 is 5.73 Å². The van der Waals surface area contributed by atoms with Gasteiger partial charge >= 0.3 is 25.7 Å².